The Balaban J connectivity index is 2.22. The number of nitrogens with zero attached hydrogens (tertiary/aromatic N) is 1. The summed E-state index contributed by atoms with van der Waals surface area (Å²) in [6.07, 6.45) is 3.37. The van der Waals surface area contributed by atoms with Crippen LogP contribution in [0.4, 0.5) is 5.69 Å². The van der Waals surface area contributed by atoms with E-state index in [1.807, 2.05) is 7.05 Å². The highest BCUT2D eigenvalue weighted by atomic mass is 35.5. The molecule has 4 heteroatoms. The molecule has 1 fully saturated rings. The minimum atomic E-state index is -0.0373. The summed E-state index contributed by atoms with van der Waals surface area (Å²) in [5, 5.41) is 0.541. The second kappa shape index (κ2) is 4.34. The van der Waals surface area contributed by atoms with Crippen molar-refractivity contribution in [1.29, 1.82) is 0 Å². The number of nitrogen functional groups attached to an aromatic ring is 1. The number of hydrogen-bond donors (Lipinski definition) is 1. The number of carbonyl (C=O) groups excluding carboxylic acids is 1. The second-order valence-electron chi connectivity index (χ2n) is 4.23. The third-order valence-corrected chi connectivity index (χ3v) is 3.42. The van der Waals surface area contributed by atoms with Crippen molar-refractivity contribution in [2.75, 3.05) is 12.8 Å². The minimum absolute atomic E-state index is 0.0373. The van der Waals surface area contributed by atoms with E-state index in [1.54, 1.807) is 23.1 Å². The number of halogens is 1. The summed E-state index contributed by atoms with van der Waals surface area (Å²) in [6, 6.07) is 5.36. The van der Waals surface area contributed by atoms with Gasteiger partial charge in [0.05, 0.1) is 5.56 Å². The van der Waals surface area contributed by atoms with Crippen molar-refractivity contribution in [2.24, 2.45) is 0 Å². The quantitative estimate of drug-likeness (QED) is 0.805. The highest BCUT2D eigenvalue weighted by Gasteiger charge is 2.27. The number of benzene rings is 1. The maximum Gasteiger partial charge on any atom is 0.255 e. The van der Waals surface area contributed by atoms with Gasteiger partial charge in [0.1, 0.15) is 0 Å². The fraction of sp³-hybridized carbons (Fsp3) is 0.417. The van der Waals surface area contributed by atoms with Crippen LogP contribution in [0.2, 0.25) is 5.02 Å². The first-order valence-corrected chi connectivity index (χ1v) is 5.79. The van der Waals surface area contributed by atoms with Gasteiger partial charge in [-0.15, -0.1) is 0 Å². The maximum absolute atomic E-state index is 12.1. The van der Waals surface area contributed by atoms with Crippen molar-refractivity contribution in [3.63, 3.8) is 0 Å². The van der Waals surface area contributed by atoms with Gasteiger partial charge in [-0.25, -0.2) is 0 Å². The molecule has 2 N–H and O–H groups in total. The zero-order valence-electron chi connectivity index (χ0n) is 9.24. The summed E-state index contributed by atoms with van der Waals surface area (Å²) >= 11 is 5.87. The summed E-state index contributed by atoms with van der Waals surface area (Å²) in [4.78, 5) is 13.9. The standard InChI is InChI=1S/C12H15ClN2O/c1-15(9-3-2-4-9)12(16)10-7-8(13)5-6-11(10)14/h5-7,9H,2-4,14H2,1H3. The molecule has 0 aliphatic heterocycles. The molecule has 0 unspecified atom stereocenters. The largest absolute Gasteiger partial charge is 0.398 e. The van der Waals surface area contributed by atoms with Crippen molar-refractivity contribution in [3.8, 4) is 0 Å². The van der Waals surface area contributed by atoms with Gasteiger partial charge in [-0.3, -0.25) is 4.79 Å². The molecule has 0 aromatic heterocycles. The lowest BCUT2D eigenvalue weighted by Crippen LogP contribution is -2.41. The fourth-order valence-electron chi connectivity index (χ4n) is 1.84. The molecule has 0 spiro atoms. The topological polar surface area (TPSA) is 46.3 Å². The van der Waals surface area contributed by atoms with Crippen LogP contribution in [-0.4, -0.2) is 23.9 Å². The van der Waals surface area contributed by atoms with E-state index in [9.17, 15) is 4.79 Å². The van der Waals surface area contributed by atoms with E-state index in [2.05, 4.69) is 0 Å². The molecule has 1 aromatic rings. The molecule has 86 valence electrons. The molecule has 1 aliphatic carbocycles. The summed E-state index contributed by atoms with van der Waals surface area (Å²) in [5.41, 5.74) is 6.77. The summed E-state index contributed by atoms with van der Waals surface area (Å²) < 4.78 is 0. The molecule has 3 nitrogen and oxygen atoms in total. The molecule has 0 radical (unpaired) electrons. The van der Waals surface area contributed by atoms with Gasteiger partial charge in [0.15, 0.2) is 0 Å². The summed E-state index contributed by atoms with van der Waals surface area (Å²) in [6.45, 7) is 0. The first-order chi connectivity index (χ1) is 7.59. The molecule has 1 saturated carbocycles. The van der Waals surface area contributed by atoms with Crippen LogP contribution in [0.1, 0.15) is 29.6 Å². The van der Waals surface area contributed by atoms with Gasteiger partial charge in [0.2, 0.25) is 0 Å². The predicted octanol–water partition coefficient (Wildman–Crippen LogP) is 2.55. The average Bonchev–Trinajstić information content (AvgIpc) is 2.18. The average molecular weight is 239 g/mol. The van der Waals surface area contributed by atoms with Gasteiger partial charge < -0.3 is 10.6 Å². The Morgan fingerprint density at radius 1 is 1.50 bits per heavy atom. The summed E-state index contributed by atoms with van der Waals surface area (Å²) in [5.74, 6) is -0.0373. The van der Waals surface area contributed by atoms with E-state index in [1.165, 1.54) is 6.42 Å². The SMILES string of the molecule is CN(C(=O)c1cc(Cl)ccc1N)C1CCC1. The third-order valence-electron chi connectivity index (χ3n) is 3.19. The molecule has 0 heterocycles. The molecular formula is C12H15ClN2O. The fourth-order valence-corrected chi connectivity index (χ4v) is 2.02. The smallest absolute Gasteiger partial charge is 0.255 e. The third kappa shape index (κ3) is 2.00. The Kier molecular flexibility index (Phi) is 3.06. The maximum atomic E-state index is 12.1. The zero-order chi connectivity index (χ0) is 11.7. The first kappa shape index (κ1) is 11.3. The summed E-state index contributed by atoms with van der Waals surface area (Å²) in [7, 11) is 1.83. The van der Waals surface area contributed by atoms with Crippen molar-refractivity contribution in [3.05, 3.63) is 28.8 Å². The van der Waals surface area contributed by atoms with Gasteiger partial charge in [-0.2, -0.15) is 0 Å². The van der Waals surface area contributed by atoms with Crippen LogP contribution < -0.4 is 5.73 Å². The second-order valence-corrected chi connectivity index (χ2v) is 4.67. The highest BCUT2D eigenvalue weighted by molar-refractivity contribution is 6.31. The minimum Gasteiger partial charge on any atom is -0.398 e. The number of rotatable bonds is 2. The molecule has 16 heavy (non-hydrogen) atoms. The van der Waals surface area contributed by atoms with E-state index >= 15 is 0 Å². The monoisotopic (exact) mass is 238 g/mol. The molecule has 0 saturated heterocycles. The van der Waals surface area contributed by atoms with Gasteiger partial charge in [0.25, 0.3) is 5.91 Å². The molecular weight excluding hydrogens is 224 g/mol. The Morgan fingerprint density at radius 2 is 2.19 bits per heavy atom. The van der Waals surface area contributed by atoms with Crippen LogP contribution in [0.25, 0.3) is 0 Å². The van der Waals surface area contributed by atoms with Crippen molar-refractivity contribution in [1.82, 2.24) is 4.90 Å². The van der Waals surface area contributed by atoms with Gasteiger partial charge in [-0.1, -0.05) is 11.6 Å². The van der Waals surface area contributed by atoms with E-state index < -0.39 is 0 Å². The van der Waals surface area contributed by atoms with Crippen LogP contribution >= 0.6 is 11.6 Å². The Bertz CT molecular complexity index is 415. The van der Waals surface area contributed by atoms with Gasteiger partial charge >= 0.3 is 0 Å². The van der Waals surface area contributed by atoms with Crippen LogP contribution in [-0.2, 0) is 0 Å². The molecule has 1 aromatic carbocycles. The highest BCUT2D eigenvalue weighted by Crippen LogP contribution is 2.26. The Morgan fingerprint density at radius 3 is 2.75 bits per heavy atom. The molecule has 0 bridgehead atoms. The number of carbonyl (C=O) groups is 1. The lowest BCUT2D eigenvalue weighted by Gasteiger charge is -2.35. The van der Waals surface area contributed by atoms with Crippen LogP contribution in [0, 0.1) is 0 Å². The Hall–Kier alpha value is -1.22. The first-order valence-electron chi connectivity index (χ1n) is 5.42. The van der Waals surface area contributed by atoms with Crippen LogP contribution in [0.5, 0.6) is 0 Å². The molecule has 1 aliphatic rings. The van der Waals surface area contributed by atoms with Crippen molar-refractivity contribution in [2.45, 2.75) is 25.3 Å². The van der Waals surface area contributed by atoms with Crippen molar-refractivity contribution < 1.29 is 4.79 Å². The number of hydrogen-bond acceptors (Lipinski definition) is 2. The van der Waals surface area contributed by atoms with E-state index in [0.29, 0.717) is 22.3 Å². The number of anilines is 1. The predicted molar refractivity (Wildman–Crippen MR) is 65.6 cm³/mol. The lowest BCUT2D eigenvalue weighted by atomic mass is 9.91. The van der Waals surface area contributed by atoms with E-state index in [4.69, 9.17) is 17.3 Å². The Labute approximate surface area is 100 Å². The van der Waals surface area contributed by atoms with Gasteiger partial charge in [-0.05, 0) is 37.5 Å². The zero-order valence-corrected chi connectivity index (χ0v) is 10.00. The van der Waals surface area contributed by atoms with Crippen molar-refractivity contribution >= 4 is 23.2 Å². The van der Waals surface area contributed by atoms with Crippen LogP contribution in [0.3, 0.4) is 0 Å². The van der Waals surface area contributed by atoms with E-state index in [0.717, 1.165) is 12.8 Å². The number of amides is 1. The normalized spacial score (nSPS) is 15.6. The molecule has 1 amide bonds. The van der Waals surface area contributed by atoms with Gasteiger partial charge in [0, 0.05) is 23.8 Å². The van der Waals surface area contributed by atoms with E-state index in [-0.39, 0.29) is 5.91 Å². The lowest BCUT2D eigenvalue weighted by molar-refractivity contribution is 0.0653. The van der Waals surface area contributed by atoms with Crippen LogP contribution in [0.15, 0.2) is 18.2 Å². The molecule has 0 atom stereocenters. The molecule has 2 rings (SSSR count). The number of nitrogens with two attached hydrogens (primary N) is 1.